The van der Waals surface area contributed by atoms with E-state index in [0.717, 1.165) is 30.3 Å². The normalized spacial score (nSPS) is 15.6. The first-order chi connectivity index (χ1) is 8.16. The van der Waals surface area contributed by atoms with Crippen molar-refractivity contribution in [2.75, 3.05) is 18.8 Å². The molecule has 1 saturated heterocycles. The van der Waals surface area contributed by atoms with Crippen molar-refractivity contribution >= 4 is 17.7 Å². The predicted molar refractivity (Wildman–Crippen MR) is 72.2 cm³/mol. The van der Waals surface area contributed by atoms with Crippen LogP contribution < -0.4 is 11.1 Å². The van der Waals surface area contributed by atoms with Crippen LogP contribution in [-0.2, 0) is 5.75 Å². The Morgan fingerprint density at radius 2 is 2.29 bits per heavy atom. The summed E-state index contributed by atoms with van der Waals surface area (Å²) in [5.74, 6) is 2.71. The smallest absolute Gasteiger partial charge is 0.248 e. The maximum Gasteiger partial charge on any atom is 0.248 e. The van der Waals surface area contributed by atoms with E-state index in [1.807, 2.05) is 36.9 Å². The van der Waals surface area contributed by atoms with Gasteiger partial charge in [0.25, 0.3) is 0 Å². The minimum absolute atomic E-state index is 0.354. The summed E-state index contributed by atoms with van der Waals surface area (Å²) in [7, 11) is 0. The molecular weight excluding hydrogens is 232 g/mol. The van der Waals surface area contributed by atoms with Gasteiger partial charge in [-0.15, -0.1) is 0 Å². The first-order valence-corrected chi connectivity index (χ1v) is 7.00. The average molecular weight is 250 g/mol. The second-order valence-corrected chi connectivity index (χ2v) is 5.58. The van der Waals surface area contributed by atoms with Crippen molar-refractivity contribution in [3.63, 3.8) is 0 Å². The summed E-state index contributed by atoms with van der Waals surface area (Å²) < 4.78 is 0. The van der Waals surface area contributed by atoms with E-state index >= 15 is 0 Å². The molecule has 0 unspecified atom stereocenters. The van der Waals surface area contributed by atoms with E-state index in [1.54, 1.807) is 0 Å². The van der Waals surface area contributed by atoms with Crippen LogP contribution in [0, 0.1) is 12.8 Å². The molecule has 4 heteroatoms. The van der Waals surface area contributed by atoms with E-state index in [2.05, 4.69) is 5.32 Å². The van der Waals surface area contributed by atoms with E-state index in [9.17, 15) is 4.79 Å². The van der Waals surface area contributed by atoms with Crippen LogP contribution >= 0.6 is 11.8 Å². The van der Waals surface area contributed by atoms with Gasteiger partial charge < -0.3 is 11.1 Å². The molecule has 3 nitrogen and oxygen atoms in total. The molecule has 3 N–H and O–H groups in total. The van der Waals surface area contributed by atoms with Crippen molar-refractivity contribution in [3.05, 3.63) is 34.9 Å². The van der Waals surface area contributed by atoms with Crippen molar-refractivity contribution in [1.29, 1.82) is 0 Å². The number of benzene rings is 1. The van der Waals surface area contributed by atoms with Gasteiger partial charge in [-0.2, -0.15) is 11.8 Å². The van der Waals surface area contributed by atoms with Crippen LogP contribution in [0.25, 0.3) is 0 Å². The first kappa shape index (κ1) is 12.5. The highest BCUT2D eigenvalue weighted by atomic mass is 32.2. The Morgan fingerprint density at radius 1 is 1.53 bits per heavy atom. The fourth-order valence-corrected chi connectivity index (χ4v) is 3.04. The van der Waals surface area contributed by atoms with Gasteiger partial charge in [-0.1, -0.05) is 6.07 Å². The van der Waals surface area contributed by atoms with Crippen molar-refractivity contribution in [3.8, 4) is 0 Å². The molecule has 0 radical (unpaired) electrons. The molecule has 1 aliphatic heterocycles. The molecule has 17 heavy (non-hydrogen) atoms. The molecule has 0 bridgehead atoms. The Hall–Kier alpha value is -1.000. The van der Waals surface area contributed by atoms with Crippen molar-refractivity contribution in [2.45, 2.75) is 12.7 Å². The standard InChI is InChI=1S/C13H18N2OS/c1-9-4-11(13(14)16)2-3-12(9)8-17-7-10-5-15-6-10/h2-4,10,15H,5-8H2,1H3,(H2,14,16). The fraction of sp³-hybridized carbons (Fsp3) is 0.462. The zero-order valence-corrected chi connectivity index (χ0v) is 10.8. The number of rotatable bonds is 5. The van der Waals surface area contributed by atoms with Gasteiger partial charge in [0.2, 0.25) is 5.91 Å². The number of thioether (sulfide) groups is 1. The number of carbonyl (C=O) groups is 1. The number of nitrogens with one attached hydrogen (secondary N) is 1. The molecule has 1 aliphatic rings. The first-order valence-electron chi connectivity index (χ1n) is 5.84. The monoisotopic (exact) mass is 250 g/mol. The van der Waals surface area contributed by atoms with E-state index in [-0.39, 0.29) is 5.91 Å². The third-order valence-electron chi connectivity index (χ3n) is 3.10. The number of primary amides is 1. The average Bonchev–Trinajstić information content (AvgIpc) is 2.23. The lowest BCUT2D eigenvalue weighted by atomic mass is 10.1. The largest absolute Gasteiger partial charge is 0.366 e. The van der Waals surface area contributed by atoms with E-state index in [0.29, 0.717) is 5.56 Å². The highest BCUT2D eigenvalue weighted by Crippen LogP contribution is 2.20. The van der Waals surface area contributed by atoms with Gasteiger partial charge >= 0.3 is 0 Å². The van der Waals surface area contributed by atoms with Gasteiger partial charge in [-0.05, 0) is 54.9 Å². The molecule has 1 aromatic carbocycles. The summed E-state index contributed by atoms with van der Waals surface area (Å²) >= 11 is 1.96. The summed E-state index contributed by atoms with van der Waals surface area (Å²) in [6, 6.07) is 5.71. The van der Waals surface area contributed by atoms with Crippen LogP contribution in [0.4, 0.5) is 0 Å². The molecular formula is C13H18N2OS. The maximum atomic E-state index is 11.0. The zero-order valence-electron chi connectivity index (χ0n) is 10.0. The molecule has 2 rings (SSSR count). The molecule has 0 saturated carbocycles. The SMILES string of the molecule is Cc1cc(C(N)=O)ccc1CSCC1CNC1. The van der Waals surface area contributed by atoms with Crippen molar-refractivity contribution in [1.82, 2.24) is 5.32 Å². The van der Waals surface area contributed by atoms with Crippen molar-refractivity contribution in [2.24, 2.45) is 11.7 Å². The second kappa shape index (κ2) is 5.56. The number of hydrogen-bond donors (Lipinski definition) is 2. The van der Waals surface area contributed by atoms with E-state index in [4.69, 9.17) is 5.73 Å². The summed E-state index contributed by atoms with van der Waals surface area (Å²) in [6.45, 7) is 4.35. The second-order valence-electron chi connectivity index (χ2n) is 4.54. The zero-order chi connectivity index (χ0) is 12.3. The highest BCUT2D eigenvalue weighted by Gasteiger charge is 2.16. The molecule has 0 spiro atoms. The van der Waals surface area contributed by atoms with Gasteiger partial charge in [-0.3, -0.25) is 4.79 Å². The molecule has 1 amide bonds. The lowest BCUT2D eigenvalue weighted by Crippen LogP contribution is -2.43. The Kier molecular flexibility index (Phi) is 4.07. The van der Waals surface area contributed by atoms with Crippen LogP contribution in [0.15, 0.2) is 18.2 Å². The third kappa shape index (κ3) is 3.23. The number of hydrogen-bond acceptors (Lipinski definition) is 3. The summed E-state index contributed by atoms with van der Waals surface area (Å²) in [4.78, 5) is 11.0. The predicted octanol–water partition coefficient (Wildman–Crippen LogP) is 1.55. The number of amides is 1. The maximum absolute atomic E-state index is 11.0. The Morgan fingerprint density at radius 3 is 2.82 bits per heavy atom. The number of aryl methyl sites for hydroxylation is 1. The van der Waals surface area contributed by atoms with Crippen LogP contribution in [0.5, 0.6) is 0 Å². The fourth-order valence-electron chi connectivity index (χ4n) is 1.81. The molecule has 92 valence electrons. The Labute approximate surface area is 106 Å². The molecule has 0 aromatic heterocycles. The number of nitrogens with two attached hydrogens (primary N) is 1. The lowest BCUT2D eigenvalue weighted by molar-refractivity contribution is 0.1000. The third-order valence-corrected chi connectivity index (χ3v) is 4.33. The quantitative estimate of drug-likeness (QED) is 0.833. The van der Waals surface area contributed by atoms with E-state index in [1.165, 1.54) is 11.3 Å². The molecule has 0 aliphatic carbocycles. The molecule has 0 atom stereocenters. The molecule has 1 aromatic rings. The number of carbonyl (C=O) groups excluding carboxylic acids is 1. The minimum Gasteiger partial charge on any atom is -0.366 e. The summed E-state index contributed by atoms with van der Waals surface area (Å²) in [5.41, 5.74) is 8.30. The van der Waals surface area contributed by atoms with Gasteiger partial charge in [0.15, 0.2) is 0 Å². The molecule has 1 heterocycles. The van der Waals surface area contributed by atoms with Gasteiger partial charge in [0, 0.05) is 11.3 Å². The Bertz CT molecular complexity index is 416. The van der Waals surface area contributed by atoms with Gasteiger partial charge in [0.1, 0.15) is 0 Å². The van der Waals surface area contributed by atoms with Crippen LogP contribution in [0.1, 0.15) is 21.5 Å². The van der Waals surface area contributed by atoms with Crippen LogP contribution in [-0.4, -0.2) is 24.7 Å². The van der Waals surface area contributed by atoms with Crippen molar-refractivity contribution < 1.29 is 4.79 Å². The van der Waals surface area contributed by atoms with Gasteiger partial charge in [-0.25, -0.2) is 0 Å². The topological polar surface area (TPSA) is 55.1 Å². The minimum atomic E-state index is -0.354. The molecule has 1 fully saturated rings. The summed E-state index contributed by atoms with van der Waals surface area (Å²) in [5, 5.41) is 3.28. The van der Waals surface area contributed by atoms with Gasteiger partial charge in [0.05, 0.1) is 0 Å². The van der Waals surface area contributed by atoms with E-state index < -0.39 is 0 Å². The summed E-state index contributed by atoms with van der Waals surface area (Å²) in [6.07, 6.45) is 0. The Balaban J connectivity index is 1.89. The highest BCUT2D eigenvalue weighted by molar-refractivity contribution is 7.98. The van der Waals surface area contributed by atoms with Crippen LogP contribution in [0.2, 0.25) is 0 Å². The van der Waals surface area contributed by atoms with Crippen LogP contribution in [0.3, 0.4) is 0 Å². The lowest BCUT2D eigenvalue weighted by Gasteiger charge is -2.26.